The van der Waals surface area contributed by atoms with E-state index in [1.54, 1.807) is 11.0 Å². The van der Waals surface area contributed by atoms with Gasteiger partial charge in [-0.3, -0.25) is 9.59 Å². The van der Waals surface area contributed by atoms with Crippen molar-refractivity contribution >= 4 is 17.6 Å². The number of carboxylic acids is 1. The van der Waals surface area contributed by atoms with E-state index in [1.807, 2.05) is 44.2 Å². The maximum absolute atomic E-state index is 13.4. The predicted molar refractivity (Wildman–Crippen MR) is 93.2 cm³/mol. The molecule has 3 aliphatic rings. The van der Waals surface area contributed by atoms with Crippen LogP contribution in [0.3, 0.4) is 0 Å². The molecule has 2 fully saturated rings. The number of para-hydroxylation sites is 1. The Morgan fingerprint density at radius 2 is 2.12 bits per heavy atom. The molecule has 1 amide bonds. The number of carbonyl (C=O) groups is 2. The van der Waals surface area contributed by atoms with Crippen molar-refractivity contribution in [1.29, 1.82) is 0 Å². The van der Waals surface area contributed by atoms with E-state index in [-0.39, 0.29) is 11.9 Å². The highest BCUT2D eigenvalue weighted by Crippen LogP contribution is 2.57. The molecule has 5 atom stereocenters. The van der Waals surface area contributed by atoms with Gasteiger partial charge >= 0.3 is 5.97 Å². The maximum Gasteiger partial charge on any atom is 0.310 e. The van der Waals surface area contributed by atoms with Crippen LogP contribution in [0.4, 0.5) is 5.69 Å². The molecule has 0 aliphatic carbocycles. The number of nitrogens with zero attached hydrogens (tertiary/aromatic N) is 1. The average molecular weight is 339 g/mol. The fraction of sp³-hybridized carbons (Fsp3) is 0.400. The first-order valence-electron chi connectivity index (χ1n) is 8.50. The summed E-state index contributed by atoms with van der Waals surface area (Å²) in [4.78, 5) is 26.9. The number of anilines is 1. The quantitative estimate of drug-likeness (QED) is 0.857. The zero-order valence-corrected chi connectivity index (χ0v) is 14.3. The van der Waals surface area contributed by atoms with Gasteiger partial charge < -0.3 is 14.7 Å². The van der Waals surface area contributed by atoms with Gasteiger partial charge in [-0.2, -0.15) is 0 Å². The minimum Gasteiger partial charge on any atom is -0.481 e. The van der Waals surface area contributed by atoms with Crippen LogP contribution in [0, 0.1) is 18.8 Å². The van der Waals surface area contributed by atoms with Gasteiger partial charge in [-0.15, -0.1) is 6.58 Å². The number of rotatable bonds is 4. The molecule has 25 heavy (non-hydrogen) atoms. The molecule has 0 radical (unpaired) electrons. The topological polar surface area (TPSA) is 66.8 Å². The molecule has 5 heteroatoms. The number of ether oxygens (including phenoxy) is 1. The van der Waals surface area contributed by atoms with Gasteiger partial charge in [0.15, 0.2) is 0 Å². The van der Waals surface area contributed by atoms with Crippen LogP contribution in [0.5, 0.6) is 0 Å². The zero-order valence-electron chi connectivity index (χ0n) is 14.3. The largest absolute Gasteiger partial charge is 0.481 e. The number of amides is 1. The van der Waals surface area contributed by atoms with Gasteiger partial charge in [0.1, 0.15) is 11.5 Å². The van der Waals surface area contributed by atoms with E-state index >= 15 is 0 Å². The van der Waals surface area contributed by atoms with Crippen molar-refractivity contribution in [3.05, 3.63) is 54.1 Å². The van der Waals surface area contributed by atoms with Crippen molar-refractivity contribution < 1.29 is 19.4 Å². The molecule has 1 spiro atoms. The molecule has 1 aromatic carbocycles. The average Bonchev–Trinajstić information content (AvgIpc) is 3.18. The minimum absolute atomic E-state index is 0.167. The second kappa shape index (κ2) is 5.30. The molecule has 2 bridgehead atoms. The third-order valence-electron chi connectivity index (χ3n) is 5.62. The van der Waals surface area contributed by atoms with Gasteiger partial charge in [0.25, 0.3) is 0 Å². The predicted octanol–water partition coefficient (Wildman–Crippen LogP) is 2.70. The number of hydrogen-bond donors (Lipinski definition) is 1. The minimum atomic E-state index is -0.977. The summed E-state index contributed by atoms with van der Waals surface area (Å²) in [5, 5.41) is 9.67. The summed E-state index contributed by atoms with van der Waals surface area (Å²) in [5.74, 6) is -2.67. The normalized spacial score (nSPS) is 35.3. The monoisotopic (exact) mass is 339 g/mol. The van der Waals surface area contributed by atoms with Crippen molar-refractivity contribution in [2.24, 2.45) is 11.8 Å². The molecule has 2 saturated heterocycles. The first kappa shape index (κ1) is 16.1. The first-order valence-corrected chi connectivity index (χ1v) is 8.50. The summed E-state index contributed by atoms with van der Waals surface area (Å²) >= 11 is 0. The summed E-state index contributed by atoms with van der Waals surface area (Å²) in [6, 6.07) is 7.39. The van der Waals surface area contributed by atoms with Crippen molar-refractivity contribution in [2.75, 3.05) is 4.90 Å². The van der Waals surface area contributed by atoms with E-state index in [1.165, 1.54) is 0 Å². The number of carboxylic acid groups (broad SMARTS) is 1. The summed E-state index contributed by atoms with van der Waals surface area (Å²) in [6.07, 6.45) is 3.75. The van der Waals surface area contributed by atoms with Gasteiger partial charge in [0.05, 0.1) is 18.1 Å². The van der Waals surface area contributed by atoms with Crippen LogP contribution in [0.1, 0.15) is 18.9 Å². The van der Waals surface area contributed by atoms with Crippen LogP contribution < -0.4 is 4.90 Å². The molecule has 3 heterocycles. The molecule has 5 nitrogen and oxygen atoms in total. The molecule has 4 rings (SSSR count). The number of fused-ring (bicyclic) bond motifs is 1. The summed E-state index contributed by atoms with van der Waals surface area (Å²) in [6.45, 7) is 7.88. The Balaban J connectivity index is 1.87. The summed E-state index contributed by atoms with van der Waals surface area (Å²) in [5.41, 5.74) is 1.84. The van der Waals surface area contributed by atoms with Crippen LogP contribution in [-0.2, 0) is 14.3 Å². The second-order valence-electron chi connectivity index (χ2n) is 7.31. The standard InChI is InChI=1S/C20H21NO4/c1-11(2)10-15-20-9-8-14(25-20)16(19(23)24)17(20)18(22)21(15)13-7-5-4-6-12(13)3/h4-9,14-17H,1,10H2,2-3H3,(H,23,24)/t14-,15?,16?,17?,20-/m0/s1. The Labute approximate surface area is 146 Å². The lowest BCUT2D eigenvalue weighted by Crippen LogP contribution is -2.45. The Morgan fingerprint density at radius 3 is 2.76 bits per heavy atom. The van der Waals surface area contributed by atoms with Crippen molar-refractivity contribution in [1.82, 2.24) is 0 Å². The molecular formula is C20H21NO4. The zero-order chi connectivity index (χ0) is 17.9. The van der Waals surface area contributed by atoms with Crippen LogP contribution in [-0.4, -0.2) is 34.7 Å². The summed E-state index contributed by atoms with van der Waals surface area (Å²) in [7, 11) is 0. The lowest BCUT2D eigenvalue weighted by molar-refractivity contribution is -0.146. The third-order valence-corrected chi connectivity index (χ3v) is 5.62. The van der Waals surface area contributed by atoms with Gasteiger partial charge in [0, 0.05) is 5.69 Å². The van der Waals surface area contributed by atoms with Gasteiger partial charge in [-0.05, 0) is 31.9 Å². The van der Waals surface area contributed by atoms with Crippen LogP contribution >= 0.6 is 0 Å². The third kappa shape index (κ3) is 2.05. The van der Waals surface area contributed by atoms with E-state index in [9.17, 15) is 14.7 Å². The van der Waals surface area contributed by atoms with Gasteiger partial charge in [-0.1, -0.05) is 35.9 Å². The van der Waals surface area contributed by atoms with E-state index in [2.05, 4.69) is 6.58 Å². The molecule has 0 aromatic heterocycles. The lowest BCUT2D eigenvalue weighted by Gasteiger charge is -2.34. The maximum atomic E-state index is 13.4. The van der Waals surface area contributed by atoms with Crippen molar-refractivity contribution in [3.8, 4) is 0 Å². The lowest BCUT2D eigenvalue weighted by atomic mass is 9.74. The fourth-order valence-corrected chi connectivity index (χ4v) is 4.63. The Hall–Kier alpha value is -2.40. The highest BCUT2D eigenvalue weighted by Gasteiger charge is 2.71. The highest BCUT2D eigenvalue weighted by molar-refractivity contribution is 6.03. The number of aryl methyl sites for hydroxylation is 1. The first-order chi connectivity index (χ1) is 11.9. The molecule has 3 unspecified atom stereocenters. The molecule has 1 N–H and O–H groups in total. The van der Waals surface area contributed by atoms with Crippen molar-refractivity contribution in [3.63, 3.8) is 0 Å². The number of benzene rings is 1. The Morgan fingerprint density at radius 1 is 1.40 bits per heavy atom. The number of hydrogen-bond acceptors (Lipinski definition) is 3. The SMILES string of the molecule is C=C(C)CC1N(c2ccccc2C)C(=O)C2C(C(=O)O)[C@@H]3C=C[C@@]21O3. The van der Waals surface area contributed by atoms with Crippen LogP contribution in [0.2, 0.25) is 0 Å². The molecule has 1 aromatic rings. The van der Waals surface area contributed by atoms with E-state index in [0.29, 0.717) is 6.42 Å². The fourth-order valence-electron chi connectivity index (χ4n) is 4.63. The molecule has 3 aliphatic heterocycles. The number of aliphatic carboxylic acids is 1. The van der Waals surface area contributed by atoms with Gasteiger partial charge in [0.2, 0.25) is 5.91 Å². The Bertz CT molecular complexity index is 814. The van der Waals surface area contributed by atoms with E-state index < -0.39 is 29.5 Å². The van der Waals surface area contributed by atoms with E-state index in [0.717, 1.165) is 16.8 Å². The van der Waals surface area contributed by atoms with Gasteiger partial charge in [-0.25, -0.2) is 0 Å². The van der Waals surface area contributed by atoms with Crippen molar-refractivity contribution in [2.45, 2.75) is 38.0 Å². The summed E-state index contributed by atoms with van der Waals surface area (Å²) < 4.78 is 6.14. The van der Waals surface area contributed by atoms with Crippen LogP contribution in [0.15, 0.2) is 48.6 Å². The molecule has 0 saturated carbocycles. The molecule has 130 valence electrons. The van der Waals surface area contributed by atoms with Crippen LogP contribution in [0.25, 0.3) is 0 Å². The second-order valence-corrected chi connectivity index (χ2v) is 7.31. The molecular weight excluding hydrogens is 318 g/mol. The number of carbonyl (C=O) groups excluding carboxylic acids is 1. The smallest absolute Gasteiger partial charge is 0.310 e. The van der Waals surface area contributed by atoms with E-state index in [4.69, 9.17) is 4.74 Å². The highest BCUT2D eigenvalue weighted by atomic mass is 16.5. The Kier molecular flexibility index (Phi) is 3.41.